The molecule has 0 unspecified atom stereocenters. The molecule has 1 amide bonds. The smallest absolute Gasteiger partial charge is 0.237 e. The Kier molecular flexibility index (Phi) is 4.25. The van der Waals surface area contributed by atoms with Gasteiger partial charge in [0.15, 0.2) is 0 Å². The van der Waals surface area contributed by atoms with Crippen LogP contribution in [-0.4, -0.2) is 18.5 Å². The van der Waals surface area contributed by atoms with Crippen molar-refractivity contribution in [3.05, 3.63) is 35.9 Å². The summed E-state index contributed by atoms with van der Waals surface area (Å²) in [6.45, 7) is 5.22. The van der Waals surface area contributed by atoms with Crippen LogP contribution in [0.1, 0.15) is 32.3 Å². The van der Waals surface area contributed by atoms with E-state index >= 15 is 0 Å². The average Bonchev–Trinajstić information content (AvgIpc) is 3.18. The first-order chi connectivity index (χ1) is 9.03. The van der Waals surface area contributed by atoms with Crippen molar-refractivity contribution in [3.63, 3.8) is 0 Å². The second kappa shape index (κ2) is 5.74. The van der Waals surface area contributed by atoms with Gasteiger partial charge in [0, 0.05) is 6.54 Å². The highest BCUT2D eigenvalue weighted by molar-refractivity contribution is 5.81. The van der Waals surface area contributed by atoms with E-state index < -0.39 is 6.04 Å². The molecule has 0 heterocycles. The van der Waals surface area contributed by atoms with Gasteiger partial charge in [-0.05, 0) is 36.2 Å². The molecule has 0 spiro atoms. The lowest BCUT2D eigenvalue weighted by Crippen LogP contribution is -2.44. The number of hydrogen-bond donors (Lipinski definition) is 2. The lowest BCUT2D eigenvalue weighted by Gasteiger charge is -2.21. The van der Waals surface area contributed by atoms with Crippen LogP contribution in [-0.2, 0) is 11.2 Å². The Balaban J connectivity index is 1.80. The van der Waals surface area contributed by atoms with Gasteiger partial charge in [0.2, 0.25) is 5.91 Å². The number of rotatable bonds is 6. The lowest BCUT2D eigenvalue weighted by atomic mass is 9.92. The minimum Gasteiger partial charge on any atom is -0.354 e. The summed E-state index contributed by atoms with van der Waals surface area (Å²) in [5.74, 6) is 0.592. The summed E-state index contributed by atoms with van der Waals surface area (Å²) in [6.07, 6.45) is 3.04. The number of nitrogens with two attached hydrogens (primary N) is 1. The summed E-state index contributed by atoms with van der Waals surface area (Å²) >= 11 is 0. The Bertz CT molecular complexity index is 424. The normalized spacial score (nSPS) is 18.1. The van der Waals surface area contributed by atoms with Gasteiger partial charge in [-0.1, -0.05) is 44.2 Å². The van der Waals surface area contributed by atoms with E-state index in [9.17, 15) is 4.79 Å². The number of nitrogens with one attached hydrogen (secondary N) is 1. The maximum atomic E-state index is 12.0. The Morgan fingerprint density at radius 1 is 1.32 bits per heavy atom. The van der Waals surface area contributed by atoms with Crippen molar-refractivity contribution in [1.29, 1.82) is 0 Å². The van der Waals surface area contributed by atoms with Crippen molar-refractivity contribution in [2.75, 3.05) is 6.54 Å². The van der Waals surface area contributed by atoms with Crippen molar-refractivity contribution in [3.8, 4) is 0 Å². The third-order valence-corrected chi connectivity index (χ3v) is 4.37. The number of benzene rings is 1. The maximum Gasteiger partial charge on any atom is 0.237 e. The molecule has 0 aliphatic heterocycles. The zero-order valence-electron chi connectivity index (χ0n) is 11.9. The van der Waals surface area contributed by atoms with E-state index in [0.29, 0.717) is 17.8 Å². The van der Waals surface area contributed by atoms with Crippen LogP contribution >= 0.6 is 0 Å². The van der Waals surface area contributed by atoms with Crippen LogP contribution in [0.5, 0.6) is 0 Å². The van der Waals surface area contributed by atoms with Crippen LogP contribution in [0.3, 0.4) is 0 Å². The standard InChI is InChI=1S/C16H24N2O/c1-12(2)16(8-9-16)11-18-15(19)14(17)10-13-6-4-3-5-7-13/h3-7,12,14H,8-11,17H2,1-2H3,(H,18,19)/t14-/m1/s1. The molecule has 1 atom stereocenters. The predicted molar refractivity (Wildman–Crippen MR) is 77.6 cm³/mol. The van der Waals surface area contributed by atoms with Gasteiger partial charge in [0.25, 0.3) is 0 Å². The first kappa shape index (κ1) is 14.1. The molecule has 0 radical (unpaired) electrons. The molecule has 0 saturated heterocycles. The molecular formula is C16H24N2O. The van der Waals surface area contributed by atoms with Gasteiger partial charge in [-0.15, -0.1) is 0 Å². The SMILES string of the molecule is CC(C)C1(CNC(=O)[C@H](N)Cc2ccccc2)CC1. The summed E-state index contributed by atoms with van der Waals surface area (Å²) < 4.78 is 0. The quantitative estimate of drug-likeness (QED) is 0.823. The van der Waals surface area contributed by atoms with Crippen molar-refractivity contribution in [2.45, 2.75) is 39.2 Å². The van der Waals surface area contributed by atoms with E-state index in [0.717, 1.165) is 12.1 Å². The van der Waals surface area contributed by atoms with E-state index in [1.165, 1.54) is 12.8 Å². The van der Waals surface area contributed by atoms with Gasteiger partial charge in [0.1, 0.15) is 0 Å². The van der Waals surface area contributed by atoms with E-state index in [4.69, 9.17) is 5.73 Å². The second-order valence-corrected chi connectivity index (χ2v) is 6.03. The molecule has 3 N–H and O–H groups in total. The van der Waals surface area contributed by atoms with Crippen molar-refractivity contribution >= 4 is 5.91 Å². The summed E-state index contributed by atoms with van der Waals surface area (Å²) in [7, 11) is 0. The number of carbonyl (C=O) groups excluding carboxylic acids is 1. The number of amides is 1. The van der Waals surface area contributed by atoms with Gasteiger partial charge in [-0.25, -0.2) is 0 Å². The zero-order valence-corrected chi connectivity index (χ0v) is 11.9. The van der Waals surface area contributed by atoms with Crippen molar-refractivity contribution in [1.82, 2.24) is 5.32 Å². The van der Waals surface area contributed by atoms with Crippen LogP contribution in [0, 0.1) is 11.3 Å². The molecule has 19 heavy (non-hydrogen) atoms. The van der Waals surface area contributed by atoms with Crippen LogP contribution in [0.4, 0.5) is 0 Å². The molecule has 104 valence electrons. The fourth-order valence-corrected chi connectivity index (χ4v) is 2.47. The van der Waals surface area contributed by atoms with Crippen molar-refractivity contribution in [2.24, 2.45) is 17.1 Å². The lowest BCUT2D eigenvalue weighted by molar-refractivity contribution is -0.122. The van der Waals surface area contributed by atoms with Crippen molar-refractivity contribution < 1.29 is 4.79 Å². The first-order valence-electron chi connectivity index (χ1n) is 7.11. The molecule has 1 aliphatic rings. The van der Waals surface area contributed by atoms with E-state index in [1.54, 1.807) is 0 Å². The summed E-state index contributed by atoms with van der Waals surface area (Å²) in [5, 5.41) is 3.02. The third kappa shape index (κ3) is 3.57. The second-order valence-electron chi connectivity index (χ2n) is 6.03. The highest BCUT2D eigenvalue weighted by Gasteiger charge is 2.45. The number of hydrogen-bond acceptors (Lipinski definition) is 2. The molecular weight excluding hydrogens is 236 g/mol. The molecule has 3 nitrogen and oxygen atoms in total. The fourth-order valence-electron chi connectivity index (χ4n) is 2.47. The van der Waals surface area contributed by atoms with E-state index in [-0.39, 0.29) is 5.91 Å². The van der Waals surface area contributed by atoms with Gasteiger partial charge in [-0.3, -0.25) is 4.79 Å². The predicted octanol–water partition coefficient (Wildman–Crippen LogP) is 2.11. The largest absolute Gasteiger partial charge is 0.354 e. The summed E-state index contributed by atoms with van der Waals surface area (Å²) in [5.41, 5.74) is 7.41. The number of carbonyl (C=O) groups is 1. The third-order valence-electron chi connectivity index (χ3n) is 4.37. The van der Waals surface area contributed by atoms with Crippen LogP contribution in [0.15, 0.2) is 30.3 Å². The van der Waals surface area contributed by atoms with E-state index in [2.05, 4.69) is 19.2 Å². The van der Waals surface area contributed by atoms with Gasteiger partial charge in [-0.2, -0.15) is 0 Å². The Labute approximate surface area is 115 Å². The molecule has 0 bridgehead atoms. The Morgan fingerprint density at radius 2 is 1.95 bits per heavy atom. The van der Waals surface area contributed by atoms with Gasteiger partial charge in [0.05, 0.1) is 6.04 Å². The van der Waals surface area contributed by atoms with Crippen LogP contribution in [0.2, 0.25) is 0 Å². The minimum atomic E-state index is -0.453. The highest BCUT2D eigenvalue weighted by Crippen LogP contribution is 2.51. The van der Waals surface area contributed by atoms with Crippen LogP contribution in [0.25, 0.3) is 0 Å². The zero-order chi connectivity index (χ0) is 13.9. The molecule has 1 aromatic carbocycles. The minimum absolute atomic E-state index is 0.0317. The molecule has 1 saturated carbocycles. The topological polar surface area (TPSA) is 55.1 Å². The molecule has 2 rings (SSSR count). The van der Waals surface area contributed by atoms with Crippen LogP contribution < -0.4 is 11.1 Å². The van der Waals surface area contributed by atoms with Gasteiger partial charge >= 0.3 is 0 Å². The van der Waals surface area contributed by atoms with Gasteiger partial charge < -0.3 is 11.1 Å². The molecule has 0 aromatic heterocycles. The monoisotopic (exact) mass is 260 g/mol. The molecule has 1 aliphatic carbocycles. The van der Waals surface area contributed by atoms with E-state index in [1.807, 2.05) is 30.3 Å². The fraction of sp³-hybridized carbons (Fsp3) is 0.562. The molecule has 1 aromatic rings. The highest BCUT2D eigenvalue weighted by atomic mass is 16.2. The Morgan fingerprint density at radius 3 is 2.47 bits per heavy atom. The summed E-state index contributed by atoms with van der Waals surface area (Å²) in [4.78, 5) is 12.0. The first-order valence-corrected chi connectivity index (χ1v) is 7.11. The summed E-state index contributed by atoms with van der Waals surface area (Å²) in [6, 6.07) is 9.46. The molecule has 3 heteroatoms. The Hall–Kier alpha value is -1.35. The average molecular weight is 260 g/mol. The molecule has 1 fully saturated rings. The maximum absolute atomic E-state index is 12.0.